The van der Waals surface area contributed by atoms with Crippen LogP contribution in [0.2, 0.25) is 0 Å². The molecule has 1 atom stereocenters. The quantitative estimate of drug-likeness (QED) is 0.743. The van der Waals surface area contributed by atoms with Gasteiger partial charge in [-0.25, -0.2) is 0 Å². The molecule has 0 aliphatic carbocycles. The van der Waals surface area contributed by atoms with Crippen molar-refractivity contribution >= 4 is 10.9 Å². The van der Waals surface area contributed by atoms with Gasteiger partial charge in [0, 0.05) is 17.6 Å². The van der Waals surface area contributed by atoms with Crippen LogP contribution < -0.4 is 5.73 Å². The topological polar surface area (TPSA) is 38.9 Å². The predicted octanol–water partition coefficient (Wildman–Crippen LogP) is 2.56. The molecule has 0 saturated carbocycles. The monoisotopic (exact) mass is 186 g/mol. The molecular weight excluding hydrogens is 172 g/mol. The highest BCUT2D eigenvalue weighted by Gasteiger charge is 2.01. The van der Waals surface area contributed by atoms with E-state index in [9.17, 15) is 0 Å². The number of hydrogen-bond acceptors (Lipinski definition) is 2. The normalized spacial score (nSPS) is 13.1. The summed E-state index contributed by atoms with van der Waals surface area (Å²) in [4.78, 5) is 4.34. The maximum absolute atomic E-state index is 5.82. The van der Waals surface area contributed by atoms with Crippen LogP contribution in [-0.4, -0.2) is 4.98 Å². The Bertz CT molecular complexity index is 461. The highest BCUT2D eigenvalue weighted by molar-refractivity contribution is 5.79. The van der Waals surface area contributed by atoms with Crippen molar-refractivity contribution in [2.45, 2.75) is 19.9 Å². The van der Waals surface area contributed by atoms with Crippen LogP contribution in [0.5, 0.6) is 0 Å². The Morgan fingerprint density at radius 3 is 2.79 bits per heavy atom. The van der Waals surface area contributed by atoms with Crippen LogP contribution >= 0.6 is 0 Å². The average molecular weight is 186 g/mol. The summed E-state index contributed by atoms with van der Waals surface area (Å²) in [6, 6.07) is 8.39. The van der Waals surface area contributed by atoms with Gasteiger partial charge in [0.15, 0.2) is 0 Å². The summed E-state index contributed by atoms with van der Waals surface area (Å²) in [5.41, 5.74) is 9.19. The van der Waals surface area contributed by atoms with Crippen molar-refractivity contribution in [2.24, 2.45) is 5.73 Å². The van der Waals surface area contributed by atoms with E-state index >= 15 is 0 Å². The minimum atomic E-state index is 0.0833. The fraction of sp³-hybridized carbons (Fsp3) is 0.250. The highest BCUT2D eigenvalue weighted by Crippen LogP contribution is 2.18. The molecule has 0 fully saturated rings. The second-order valence-electron chi connectivity index (χ2n) is 3.75. The third kappa shape index (κ3) is 1.61. The number of aromatic nitrogens is 1. The van der Waals surface area contributed by atoms with Crippen molar-refractivity contribution in [1.29, 1.82) is 0 Å². The Morgan fingerprint density at radius 2 is 2.07 bits per heavy atom. The van der Waals surface area contributed by atoms with Crippen LogP contribution in [0.25, 0.3) is 10.9 Å². The van der Waals surface area contributed by atoms with Crippen molar-refractivity contribution in [3.63, 3.8) is 0 Å². The summed E-state index contributed by atoms with van der Waals surface area (Å²) in [5, 5.41) is 1.17. The van der Waals surface area contributed by atoms with E-state index in [4.69, 9.17) is 5.73 Å². The number of benzene rings is 1. The average Bonchev–Trinajstić information content (AvgIpc) is 2.16. The molecule has 1 aromatic heterocycles. The van der Waals surface area contributed by atoms with E-state index in [1.54, 1.807) is 0 Å². The van der Waals surface area contributed by atoms with Crippen molar-refractivity contribution in [3.05, 3.63) is 41.6 Å². The van der Waals surface area contributed by atoms with E-state index in [0.29, 0.717) is 0 Å². The van der Waals surface area contributed by atoms with Gasteiger partial charge in [0.05, 0.1) is 5.52 Å². The lowest BCUT2D eigenvalue weighted by molar-refractivity contribution is 0.820. The summed E-state index contributed by atoms with van der Waals surface area (Å²) < 4.78 is 0. The largest absolute Gasteiger partial charge is 0.324 e. The van der Waals surface area contributed by atoms with Crippen LogP contribution in [-0.2, 0) is 0 Å². The molecule has 2 rings (SSSR count). The van der Waals surface area contributed by atoms with E-state index in [-0.39, 0.29) is 6.04 Å². The van der Waals surface area contributed by atoms with E-state index < -0.39 is 0 Å². The van der Waals surface area contributed by atoms with Crippen molar-refractivity contribution < 1.29 is 0 Å². The Balaban J connectivity index is 2.63. The van der Waals surface area contributed by atoms with E-state index in [1.165, 1.54) is 10.9 Å². The lowest BCUT2D eigenvalue weighted by atomic mass is 10.1. The molecule has 1 unspecified atom stereocenters. The molecule has 14 heavy (non-hydrogen) atoms. The molecule has 2 aromatic rings. The molecule has 2 nitrogen and oxygen atoms in total. The van der Waals surface area contributed by atoms with Gasteiger partial charge in [-0.15, -0.1) is 0 Å². The predicted molar refractivity (Wildman–Crippen MR) is 59.1 cm³/mol. The van der Waals surface area contributed by atoms with Gasteiger partial charge < -0.3 is 5.73 Å². The Labute approximate surface area is 83.8 Å². The van der Waals surface area contributed by atoms with Crippen LogP contribution in [0.1, 0.15) is 24.1 Å². The van der Waals surface area contributed by atoms with Crippen LogP contribution in [0.15, 0.2) is 30.5 Å². The fourth-order valence-electron chi connectivity index (χ4n) is 1.54. The van der Waals surface area contributed by atoms with Crippen LogP contribution in [0.3, 0.4) is 0 Å². The van der Waals surface area contributed by atoms with Crippen LogP contribution in [0, 0.1) is 6.92 Å². The standard InChI is InChI=1S/C12H14N2/c1-8-5-11-6-10(9(2)13)3-4-12(11)14-7-8/h3-7,9H,13H2,1-2H3. The van der Waals surface area contributed by atoms with Gasteiger partial charge in [-0.3, -0.25) is 4.98 Å². The Morgan fingerprint density at radius 1 is 1.29 bits per heavy atom. The molecule has 0 amide bonds. The van der Waals surface area contributed by atoms with E-state index in [2.05, 4.69) is 17.1 Å². The van der Waals surface area contributed by atoms with Gasteiger partial charge in [0.1, 0.15) is 0 Å². The van der Waals surface area contributed by atoms with Crippen molar-refractivity contribution in [3.8, 4) is 0 Å². The summed E-state index contributed by atoms with van der Waals surface area (Å²) in [5.74, 6) is 0. The second-order valence-corrected chi connectivity index (χ2v) is 3.75. The lowest BCUT2D eigenvalue weighted by Crippen LogP contribution is -2.04. The number of nitrogens with zero attached hydrogens (tertiary/aromatic N) is 1. The molecule has 0 aliphatic heterocycles. The van der Waals surface area contributed by atoms with Gasteiger partial charge >= 0.3 is 0 Å². The molecule has 1 heterocycles. The molecule has 0 radical (unpaired) electrons. The van der Waals surface area contributed by atoms with Gasteiger partial charge in [-0.2, -0.15) is 0 Å². The second kappa shape index (κ2) is 3.39. The number of pyridine rings is 1. The molecule has 2 N–H and O–H groups in total. The summed E-state index contributed by atoms with van der Waals surface area (Å²) in [6.45, 7) is 4.04. The minimum absolute atomic E-state index is 0.0833. The zero-order chi connectivity index (χ0) is 10.1. The van der Waals surface area contributed by atoms with Crippen molar-refractivity contribution in [2.75, 3.05) is 0 Å². The third-order valence-electron chi connectivity index (χ3n) is 2.37. The molecule has 72 valence electrons. The number of aryl methyl sites for hydroxylation is 1. The smallest absolute Gasteiger partial charge is 0.0702 e. The maximum atomic E-state index is 5.82. The summed E-state index contributed by atoms with van der Waals surface area (Å²) in [6.07, 6.45) is 1.88. The molecule has 0 bridgehead atoms. The zero-order valence-electron chi connectivity index (χ0n) is 8.49. The van der Waals surface area contributed by atoms with Crippen molar-refractivity contribution in [1.82, 2.24) is 4.98 Å². The zero-order valence-corrected chi connectivity index (χ0v) is 8.49. The van der Waals surface area contributed by atoms with Gasteiger partial charge in [-0.05, 0) is 43.2 Å². The number of rotatable bonds is 1. The van der Waals surface area contributed by atoms with Gasteiger partial charge in [0.2, 0.25) is 0 Å². The SMILES string of the molecule is Cc1cnc2ccc(C(C)N)cc2c1. The first-order valence-corrected chi connectivity index (χ1v) is 4.79. The highest BCUT2D eigenvalue weighted by atomic mass is 14.7. The number of nitrogens with two attached hydrogens (primary N) is 1. The first-order valence-electron chi connectivity index (χ1n) is 4.79. The van der Waals surface area contributed by atoms with Gasteiger partial charge in [-0.1, -0.05) is 6.07 Å². The third-order valence-corrected chi connectivity index (χ3v) is 2.37. The van der Waals surface area contributed by atoms with Gasteiger partial charge in [0.25, 0.3) is 0 Å². The first kappa shape index (κ1) is 9.16. The summed E-state index contributed by atoms with van der Waals surface area (Å²) >= 11 is 0. The molecular formula is C12H14N2. The molecule has 2 heteroatoms. The molecule has 1 aromatic carbocycles. The first-order chi connectivity index (χ1) is 6.66. The summed E-state index contributed by atoms with van der Waals surface area (Å²) in [7, 11) is 0. The molecule has 0 saturated heterocycles. The van der Waals surface area contributed by atoms with E-state index in [1.807, 2.05) is 32.2 Å². The minimum Gasteiger partial charge on any atom is -0.324 e. The van der Waals surface area contributed by atoms with Crippen LogP contribution in [0.4, 0.5) is 0 Å². The molecule has 0 aliphatic rings. The molecule has 0 spiro atoms. The lowest BCUT2D eigenvalue weighted by Gasteiger charge is -2.06. The fourth-order valence-corrected chi connectivity index (χ4v) is 1.54. The number of fused-ring (bicyclic) bond motifs is 1. The number of hydrogen-bond donors (Lipinski definition) is 1. The van der Waals surface area contributed by atoms with E-state index in [0.717, 1.165) is 11.1 Å². The maximum Gasteiger partial charge on any atom is 0.0702 e. The Kier molecular flexibility index (Phi) is 2.22. The Hall–Kier alpha value is -1.41.